The predicted octanol–water partition coefficient (Wildman–Crippen LogP) is 2.68. The van der Waals surface area contributed by atoms with Gasteiger partial charge >= 0.3 is 5.97 Å². The molecule has 0 radical (unpaired) electrons. The quantitative estimate of drug-likeness (QED) is 0.733. The Kier molecular flexibility index (Phi) is 7.64. The van der Waals surface area contributed by atoms with Crippen molar-refractivity contribution in [1.29, 1.82) is 0 Å². The summed E-state index contributed by atoms with van der Waals surface area (Å²) >= 11 is 0. The maximum Gasteiger partial charge on any atom is 0.329 e. The standard InChI is InChI=1S/C21H32N2O3/c1-14(2)17-10-9-15(3)11-19(17)26-21(25)18(23-20(24)13-22)12-16-7-5-4-6-8-16/h4-8,14-15,17-19H,9-13,22H2,1-3H3,(H,23,24)/t15-,17+,18+,19-/m1/s1. The molecule has 0 aromatic heterocycles. The maximum absolute atomic E-state index is 12.9. The summed E-state index contributed by atoms with van der Waals surface area (Å²) < 4.78 is 5.92. The number of carbonyl (C=O) groups excluding carboxylic acids is 2. The minimum Gasteiger partial charge on any atom is -0.461 e. The Morgan fingerprint density at radius 3 is 2.54 bits per heavy atom. The van der Waals surface area contributed by atoms with Gasteiger partial charge < -0.3 is 15.8 Å². The van der Waals surface area contributed by atoms with Crippen LogP contribution in [-0.2, 0) is 20.7 Å². The number of nitrogens with two attached hydrogens (primary N) is 1. The molecule has 1 aromatic rings. The van der Waals surface area contributed by atoms with E-state index >= 15 is 0 Å². The smallest absolute Gasteiger partial charge is 0.329 e. The summed E-state index contributed by atoms with van der Waals surface area (Å²) in [7, 11) is 0. The molecule has 1 fully saturated rings. The van der Waals surface area contributed by atoms with Crippen LogP contribution < -0.4 is 11.1 Å². The van der Waals surface area contributed by atoms with Gasteiger partial charge in [-0.1, -0.05) is 57.5 Å². The van der Waals surface area contributed by atoms with Crippen molar-refractivity contribution in [3.63, 3.8) is 0 Å². The molecule has 2 rings (SSSR count). The number of hydrogen-bond donors (Lipinski definition) is 2. The fraction of sp³-hybridized carbons (Fsp3) is 0.619. The number of ether oxygens (including phenoxy) is 1. The number of amides is 1. The van der Waals surface area contributed by atoms with Crippen LogP contribution >= 0.6 is 0 Å². The number of rotatable bonds is 7. The molecule has 0 saturated heterocycles. The van der Waals surface area contributed by atoms with Crippen molar-refractivity contribution in [2.45, 2.75) is 58.6 Å². The van der Waals surface area contributed by atoms with Crippen LogP contribution in [0.5, 0.6) is 0 Å². The molecular weight excluding hydrogens is 328 g/mol. The number of benzene rings is 1. The van der Waals surface area contributed by atoms with Gasteiger partial charge in [-0.3, -0.25) is 4.79 Å². The third kappa shape index (κ3) is 5.84. The highest BCUT2D eigenvalue weighted by Gasteiger charge is 2.35. The second kappa shape index (κ2) is 9.72. The Hall–Kier alpha value is -1.88. The Morgan fingerprint density at radius 2 is 1.92 bits per heavy atom. The Balaban J connectivity index is 2.09. The molecule has 4 atom stereocenters. The summed E-state index contributed by atoms with van der Waals surface area (Å²) in [5, 5.41) is 2.72. The summed E-state index contributed by atoms with van der Waals surface area (Å²) in [5.41, 5.74) is 6.39. The summed E-state index contributed by atoms with van der Waals surface area (Å²) in [6, 6.07) is 8.92. The first kappa shape index (κ1) is 20.4. The molecular formula is C21H32N2O3. The second-order valence-electron chi connectivity index (χ2n) is 7.82. The molecule has 0 spiro atoms. The number of hydrogen-bond acceptors (Lipinski definition) is 4. The summed E-state index contributed by atoms with van der Waals surface area (Å²) in [5.74, 6) is 0.680. The van der Waals surface area contributed by atoms with Gasteiger partial charge in [-0.15, -0.1) is 0 Å². The molecule has 0 heterocycles. The molecule has 26 heavy (non-hydrogen) atoms. The van der Waals surface area contributed by atoms with E-state index in [9.17, 15) is 9.59 Å². The fourth-order valence-corrected chi connectivity index (χ4v) is 3.78. The molecule has 5 heteroatoms. The van der Waals surface area contributed by atoms with Crippen molar-refractivity contribution >= 4 is 11.9 Å². The molecule has 5 nitrogen and oxygen atoms in total. The molecule has 1 aromatic carbocycles. The lowest BCUT2D eigenvalue weighted by Crippen LogP contribution is -2.48. The average Bonchev–Trinajstić information content (AvgIpc) is 2.61. The van der Waals surface area contributed by atoms with Gasteiger partial charge in [-0.25, -0.2) is 4.79 Å². The lowest BCUT2D eigenvalue weighted by atomic mass is 9.75. The van der Waals surface area contributed by atoms with Gasteiger partial charge in [0.15, 0.2) is 0 Å². The lowest BCUT2D eigenvalue weighted by Gasteiger charge is -2.37. The summed E-state index contributed by atoms with van der Waals surface area (Å²) in [6.07, 6.45) is 3.46. The Bertz CT molecular complexity index is 588. The van der Waals surface area contributed by atoms with Crippen LogP contribution in [0.15, 0.2) is 30.3 Å². The normalized spacial score (nSPS) is 24.1. The minimum absolute atomic E-state index is 0.0840. The van der Waals surface area contributed by atoms with E-state index in [2.05, 4.69) is 26.1 Å². The first-order chi connectivity index (χ1) is 12.4. The fourth-order valence-electron chi connectivity index (χ4n) is 3.78. The van der Waals surface area contributed by atoms with Crippen LogP contribution in [0.3, 0.4) is 0 Å². The van der Waals surface area contributed by atoms with Gasteiger partial charge in [0, 0.05) is 6.42 Å². The van der Waals surface area contributed by atoms with Gasteiger partial charge in [0.05, 0.1) is 6.54 Å². The highest BCUT2D eigenvalue weighted by Crippen LogP contribution is 2.35. The van der Waals surface area contributed by atoms with E-state index in [-0.39, 0.29) is 24.5 Å². The molecule has 0 aliphatic heterocycles. The van der Waals surface area contributed by atoms with Crippen LogP contribution in [0.2, 0.25) is 0 Å². The molecule has 1 aliphatic rings. The van der Waals surface area contributed by atoms with Crippen molar-refractivity contribution in [3.8, 4) is 0 Å². The molecule has 1 aliphatic carbocycles. The van der Waals surface area contributed by atoms with E-state index in [1.807, 2.05) is 30.3 Å². The van der Waals surface area contributed by atoms with E-state index in [1.165, 1.54) is 6.42 Å². The first-order valence-electron chi connectivity index (χ1n) is 9.64. The number of carbonyl (C=O) groups is 2. The van der Waals surface area contributed by atoms with Crippen LogP contribution in [0, 0.1) is 17.8 Å². The molecule has 144 valence electrons. The number of esters is 1. The van der Waals surface area contributed by atoms with Crippen LogP contribution in [0.25, 0.3) is 0 Å². The lowest BCUT2D eigenvalue weighted by molar-refractivity contribution is -0.159. The van der Waals surface area contributed by atoms with Crippen LogP contribution in [0.1, 0.15) is 45.6 Å². The third-order valence-electron chi connectivity index (χ3n) is 5.32. The van der Waals surface area contributed by atoms with E-state index in [0.717, 1.165) is 18.4 Å². The van der Waals surface area contributed by atoms with Gasteiger partial charge in [-0.05, 0) is 36.2 Å². The molecule has 1 amide bonds. The van der Waals surface area contributed by atoms with Gasteiger partial charge in [0.2, 0.25) is 5.91 Å². The molecule has 3 N–H and O–H groups in total. The third-order valence-corrected chi connectivity index (χ3v) is 5.32. The van der Waals surface area contributed by atoms with E-state index in [1.54, 1.807) is 0 Å². The Labute approximate surface area is 156 Å². The Morgan fingerprint density at radius 1 is 1.23 bits per heavy atom. The van der Waals surface area contributed by atoms with E-state index in [0.29, 0.717) is 24.2 Å². The van der Waals surface area contributed by atoms with Gasteiger partial charge in [0.1, 0.15) is 12.1 Å². The van der Waals surface area contributed by atoms with Crippen LogP contribution in [-0.4, -0.2) is 30.6 Å². The number of nitrogens with one attached hydrogen (secondary N) is 1. The largest absolute Gasteiger partial charge is 0.461 e. The monoisotopic (exact) mass is 360 g/mol. The van der Waals surface area contributed by atoms with E-state index in [4.69, 9.17) is 10.5 Å². The maximum atomic E-state index is 12.9. The van der Waals surface area contributed by atoms with Crippen molar-refractivity contribution in [2.24, 2.45) is 23.5 Å². The van der Waals surface area contributed by atoms with Gasteiger partial charge in [0.25, 0.3) is 0 Å². The average molecular weight is 360 g/mol. The minimum atomic E-state index is -0.710. The first-order valence-corrected chi connectivity index (χ1v) is 9.64. The zero-order valence-electron chi connectivity index (χ0n) is 16.1. The highest BCUT2D eigenvalue weighted by molar-refractivity contribution is 5.85. The van der Waals surface area contributed by atoms with Crippen molar-refractivity contribution < 1.29 is 14.3 Å². The molecule has 1 saturated carbocycles. The van der Waals surface area contributed by atoms with Crippen molar-refractivity contribution in [3.05, 3.63) is 35.9 Å². The second-order valence-corrected chi connectivity index (χ2v) is 7.82. The topological polar surface area (TPSA) is 81.4 Å². The van der Waals surface area contributed by atoms with Crippen molar-refractivity contribution in [1.82, 2.24) is 5.32 Å². The van der Waals surface area contributed by atoms with Gasteiger partial charge in [-0.2, -0.15) is 0 Å². The van der Waals surface area contributed by atoms with E-state index < -0.39 is 6.04 Å². The molecule has 0 bridgehead atoms. The van der Waals surface area contributed by atoms with Crippen LogP contribution in [0.4, 0.5) is 0 Å². The highest BCUT2D eigenvalue weighted by atomic mass is 16.5. The zero-order valence-corrected chi connectivity index (χ0v) is 16.1. The summed E-state index contributed by atoms with van der Waals surface area (Å²) in [4.78, 5) is 24.7. The zero-order chi connectivity index (χ0) is 19.1. The van der Waals surface area contributed by atoms with Crippen molar-refractivity contribution in [2.75, 3.05) is 6.54 Å². The molecule has 0 unspecified atom stereocenters. The SMILES string of the molecule is CC(C)[C@@H]1CC[C@@H](C)C[C@H]1OC(=O)[C@H](Cc1ccccc1)NC(=O)CN. The summed E-state index contributed by atoms with van der Waals surface area (Å²) in [6.45, 7) is 6.42. The predicted molar refractivity (Wildman–Crippen MR) is 102 cm³/mol.